The maximum atomic E-state index is 11.4. The maximum absolute atomic E-state index is 11.4. The molecule has 0 radical (unpaired) electrons. The Morgan fingerprint density at radius 1 is 1.53 bits per heavy atom. The zero-order valence-corrected chi connectivity index (χ0v) is 11.6. The summed E-state index contributed by atoms with van der Waals surface area (Å²) in [5, 5.41) is 7.14. The highest BCUT2D eigenvalue weighted by atomic mass is 32.1. The summed E-state index contributed by atoms with van der Waals surface area (Å²) in [5.74, 6) is 0.548. The Hall–Kier alpha value is -0.940. The molecule has 0 saturated heterocycles. The zero-order chi connectivity index (χ0) is 12.7. The van der Waals surface area contributed by atoms with E-state index in [9.17, 15) is 4.79 Å². The van der Waals surface area contributed by atoms with Crippen molar-refractivity contribution in [1.29, 1.82) is 0 Å². The van der Waals surface area contributed by atoms with Gasteiger partial charge in [-0.05, 0) is 12.3 Å². The molecule has 0 aromatic carbocycles. The highest BCUT2D eigenvalue weighted by Crippen LogP contribution is 2.12. The van der Waals surface area contributed by atoms with E-state index in [1.165, 1.54) is 4.88 Å². The first-order valence-corrected chi connectivity index (χ1v) is 6.84. The van der Waals surface area contributed by atoms with E-state index in [-0.39, 0.29) is 5.91 Å². The monoisotopic (exact) mass is 255 g/mol. The standard InChI is InChI=1S/C12H21N3OS/c1-4-12-15-7-10(17-12)6-13-8-11(16)14-5-9(2)3/h7,9,13H,4-6,8H2,1-3H3,(H,14,16). The minimum atomic E-state index is 0.0546. The number of carbonyl (C=O) groups excluding carboxylic acids is 1. The number of aromatic nitrogens is 1. The highest BCUT2D eigenvalue weighted by molar-refractivity contribution is 7.11. The fourth-order valence-corrected chi connectivity index (χ4v) is 2.10. The first kappa shape index (κ1) is 14.1. The molecule has 1 heterocycles. The van der Waals surface area contributed by atoms with Crippen LogP contribution in [0, 0.1) is 5.92 Å². The molecule has 5 heteroatoms. The SMILES string of the molecule is CCc1ncc(CNCC(=O)NCC(C)C)s1. The molecule has 0 aliphatic rings. The summed E-state index contributed by atoms with van der Waals surface area (Å²) in [6.07, 6.45) is 2.85. The van der Waals surface area contributed by atoms with Crippen LogP contribution in [0.25, 0.3) is 0 Å². The van der Waals surface area contributed by atoms with Crippen LogP contribution >= 0.6 is 11.3 Å². The van der Waals surface area contributed by atoms with Gasteiger partial charge in [0.25, 0.3) is 0 Å². The lowest BCUT2D eigenvalue weighted by Crippen LogP contribution is -2.35. The van der Waals surface area contributed by atoms with Gasteiger partial charge in [-0.25, -0.2) is 4.98 Å². The van der Waals surface area contributed by atoms with Crippen molar-refractivity contribution >= 4 is 17.2 Å². The smallest absolute Gasteiger partial charge is 0.233 e. The van der Waals surface area contributed by atoms with Gasteiger partial charge in [-0.2, -0.15) is 0 Å². The lowest BCUT2D eigenvalue weighted by Gasteiger charge is -2.07. The van der Waals surface area contributed by atoms with E-state index in [1.54, 1.807) is 11.3 Å². The molecule has 2 N–H and O–H groups in total. The molecule has 0 aliphatic carbocycles. The van der Waals surface area contributed by atoms with Gasteiger partial charge < -0.3 is 10.6 Å². The summed E-state index contributed by atoms with van der Waals surface area (Å²) in [4.78, 5) is 16.9. The van der Waals surface area contributed by atoms with Gasteiger partial charge in [0.05, 0.1) is 11.6 Å². The molecule has 1 aromatic heterocycles. The Bertz CT molecular complexity index is 349. The van der Waals surface area contributed by atoms with E-state index in [0.29, 0.717) is 19.0 Å². The molecular formula is C12H21N3OS. The fraction of sp³-hybridized carbons (Fsp3) is 0.667. The van der Waals surface area contributed by atoms with E-state index < -0.39 is 0 Å². The zero-order valence-electron chi connectivity index (χ0n) is 10.7. The molecule has 1 amide bonds. The number of nitrogens with zero attached hydrogens (tertiary/aromatic N) is 1. The minimum absolute atomic E-state index is 0.0546. The number of rotatable bonds is 7. The largest absolute Gasteiger partial charge is 0.355 e. The second-order valence-electron chi connectivity index (χ2n) is 4.38. The van der Waals surface area contributed by atoms with Crippen LogP contribution in [0.5, 0.6) is 0 Å². The van der Waals surface area contributed by atoms with Crippen LogP contribution in [0.15, 0.2) is 6.20 Å². The molecule has 1 rings (SSSR count). The van der Waals surface area contributed by atoms with Gasteiger partial charge in [0, 0.05) is 24.2 Å². The van der Waals surface area contributed by atoms with Crippen LogP contribution in [0.4, 0.5) is 0 Å². The van der Waals surface area contributed by atoms with Crippen LogP contribution in [0.2, 0.25) is 0 Å². The number of thiazole rings is 1. The summed E-state index contributed by atoms with van der Waals surface area (Å²) in [5.41, 5.74) is 0. The Labute approximate surface area is 107 Å². The average molecular weight is 255 g/mol. The van der Waals surface area contributed by atoms with Gasteiger partial charge in [-0.1, -0.05) is 20.8 Å². The van der Waals surface area contributed by atoms with Crippen molar-refractivity contribution in [3.05, 3.63) is 16.1 Å². The number of aryl methyl sites for hydroxylation is 1. The Morgan fingerprint density at radius 3 is 2.88 bits per heavy atom. The van der Waals surface area contributed by atoms with Gasteiger partial charge in [0.2, 0.25) is 5.91 Å². The summed E-state index contributed by atoms with van der Waals surface area (Å²) in [7, 11) is 0. The second-order valence-corrected chi connectivity index (χ2v) is 5.58. The third-order valence-corrected chi connectivity index (χ3v) is 3.34. The lowest BCUT2D eigenvalue weighted by atomic mass is 10.2. The van der Waals surface area contributed by atoms with Crippen molar-refractivity contribution in [1.82, 2.24) is 15.6 Å². The van der Waals surface area contributed by atoms with Crippen LogP contribution in [0.3, 0.4) is 0 Å². The van der Waals surface area contributed by atoms with E-state index in [2.05, 4.69) is 36.4 Å². The third-order valence-electron chi connectivity index (χ3n) is 2.20. The molecule has 0 spiro atoms. The highest BCUT2D eigenvalue weighted by Gasteiger charge is 2.03. The minimum Gasteiger partial charge on any atom is -0.355 e. The van der Waals surface area contributed by atoms with Crippen LogP contribution in [0.1, 0.15) is 30.7 Å². The number of amides is 1. The van der Waals surface area contributed by atoms with Crippen molar-refractivity contribution in [3.63, 3.8) is 0 Å². The van der Waals surface area contributed by atoms with Gasteiger partial charge in [0.1, 0.15) is 0 Å². The summed E-state index contributed by atoms with van der Waals surface area (Å²) in [6.45, 7) is 8.07. The predicted molar refractivity (Wildman–Crippen MR) is 71.0 cm³/mol. The number of hydrogen-bond donors (Lipinski definition) is 2. The molecule has 17 heavy (non-hydrogen) atoms. The van der Waals surface area contributed by atoms with E-state index in [1.807, 2.05) is 6.20 Å². The Kier molecular flexibility index (Phi) is 6.15. The Morgan fingerprint density at radius 2 is 2.29 bits per heavy atom. The van der Waals surface area contributed by atoms with E-state index in [0.717, 1.165) is 18.0 Å². The van der Waals surface area contributed by atoms with Crippen LogP contribution in [-0.2, 0) is 17.8 Å². The molecule has 0 atom stereocenters. The summed E-state index contributed by atoms with van der Waals surface area (Å²) < 4.78 is 0. The molecule has 4 nitrogen and oxygen atoms in total. The third kappa shape index (κ3) is 5.79. The Balaban J connectivity index is 2.16. The van der Waals surface area contributed by atoms with Gasteiger partial charge in [-0.3, -0.25) is 4.79 Å². The second kappa shape index (κ2) is 7.40. The van der Waals surface area contributed by atoms with Crippen molar-refractivity contribution in [2.75, 3.05) is 13.1 Å². The molecule has 0 unspecified atom stereocenters. The topological polar surface area (TPSA) is 54.0 Å². The quantitative estimate of drug-likeness (QED) is 0.777. The van der Waals surface area contributed by atoms with Crippen molar-refractivity contribution < 1.29 is 4.79 Å². The van der Waals surface area contributed by atoms with Crippen molar-refractivity contribution in [3.8, 4) is 0 Å². The molecule has 0 saturated carbocycles. The summed E-state index contributed by atoms with van der Waals surface area (Å²) >= 11 is 1.70. The van der Waals surface area contributed by atoms with Crippen LogP contribution < -0.4 is 10.6 Å². The maximum Gasteiger partial charge on any atom is 0.233 e. The number of carbonyl (C=O) groups is 1. The fourth-order valence-electron chi connectivity index (χ4n) is 1.27. The van der Waals surface area contributed by atoms with Crippen LogP contribution in [-0.4, -0.2) is 24.0 Å². The normalized spacial score (nSPS) is 10.8. The molecule has 1 aromatic rings. The van der Waals surface area contributed by atoms with Gasteiger partial charge >= 0.3 is 0 Å². The molecule has 0 fully saturated rings. The van der Waals surface area contributed by atoms with Crippen molar-refractivity contribution in [2.24, 2.45) is 5.92 Å². The van der Waals surface area contributed by atoms with E-state index >= 15 is 0 Å². The van der Waals surface area contributed by atoms with E-state index in [4.69, 9.17) is 0 Å². The first-order valence-electron chi connectivity index (χ1n) is 6.02. The number of nitrogens with one attached hydrogen (secondary N) is 2. The molecule has 96 valence electrons. The average Bonchev–Trinajstić information content (AvgIpc) is 2.74. The van der Waals surface area contributed by atoms with Gasteiger partial charge in [0.15, 0.2) is 0 Å². The molecule has 0 aliphatic heterocycles. The predicted octanol–water partition coefficient (Wildman–Crippen LogP) is 1.57. The van der Waals surface area contributed by atoms with Crippen molar-refractivity contribution in [2.45, 2.75) is 33.7 Å². The number of hydrogen-bond acceptors (Lipinski definition) is 4. The molecular weight excluding hydrogens is 234 g/mol. The van der Waals surface area contributed by atoms with Gasteiger partial charge in [-0.15, -0.1) is 11.3 Å². The molecule has 0 bridgehead atoms. The lowest BCUT2D eigenvalue weighted by molar-refractivity contribution is -0.120. The first-order chi connectivity index (χ1) is 8.11. The summed E-state index contributed by atoms with van der Waals surface area (Å²) in [6, 6.07) is 0.